The fourth-order valence-electron chi connectivity index (χ4n) is 4.13. The van der Waals surface area contributed by atoms with Gasteiger partial charge in [-0.2, -0.15) is 5.26 Å². The van der Waals surface area contributed by atoms with Crippen molar-refractivity contribution in [2.24, 2.45) is 0 Å². The first kappa shape index (κ1) is 27.9. The molecule has 1 aromatic carbocycles. The molecule has 6 nitrogen and oxygen atoms in total. The number of allylic oxidation sites excluding steroid dienone is 1. The zero-order valence-corrected chi connectivity index (χ0v) is 20.8. The molecule has 0 spiro atoms. The van der Waals surface area contributed by atoms with Gasteiger partial charge in [0, 0.05) is 58.0 Å². The van der Waals surface area contributed by atoms with Crippen LogP contribution in [0.5, 0.6) is 0 Å². The van der Waals surface area contributed by atoms with Gasteiger partial charge in [-0.1, -0.05) is 19.9 Å². The molecule has 1 fully saturated rings. The summed E-state index contributed by atoms with van der Waals surface area (Å²) in [7, 11) is 3.71. The van der Waals surface area contributed by atoms with Gasteiger partial charge in [-0.15, -0.1) is 0 Å². The maximum atomic E-state index is 13.4. The molecule has 0 saturated carbocycles. The topological polar surface area (TPSA) is 63.5 Å². The molecule has 3 rings (SSSR count). The molecule has 1 unspecified atom stereocenters. The normalized spacial score (nSPS) is 16.4. The number of hydrogen-bond donors (Lipinski definition) is 0. The zero-order valence-electron chi connectivity index (χ0n) is 20.8. The highest BCUT2D eigenvalue weighted by Crippen LogP contribution is 2.31. The molecule has 35 heavy (non-hydrogen) atoms. The summed E-state index contributed by atoms with van der Waals surface area (Å²) >= 11 is 0. The van der Waals surface area contributed by atoms with Crippen LogP contribution in [0.25, 0.3) is 5.70 Å². The van der Waals surface area contributed by atoms with Crippen LogP contribution in [0, 0.1) is 17.1 Å². The third-order valence-corrected chi connectivity index (χ3v) is 5.70. The van der Waals surface area contributed by atoms with Gasteiger partial charge in [0.05, 0.1) is 11.4 Å². The molecule has 1 aliphatic heterocycles. The van der Waals surface area contributed by atoms with Crippen LogP contribution in [0.1, 0.15) is 49.7 Å². The summed E-state index contributed by atoms with van der Waals surface area (Å²) in [5, 5.41) is 9.31. The van der Waals surface area contributed by atoms with Crippen LogP contribution in [0.4, 0.5) is 18.9 Å². The Kier molecular flexibility index (Phi) is 10.3. The fraction of sp³-hybridized carbons (Fsp3) is 0.423. The smallest absolute Gasteiger partial charge is 0.264 e. The van der Waals surface area contributed by atoms with Gasteiger partial charge in [0.2, 0.25) is 0 Å². The Hall–Kier alpha value is -3.38. The molecule has 188 valence electrons. The average Bonchev–Trinajstić information content (AvgIpc) is 2.84. The number of aromatic nitrogens is 1. The molecule has 1 atom stereocenters. The molecule has 0 aliphatic carbocycles. The number of hydrogen-bond acceptors (Lipinski definition) is 6. The molecule has 2 heterocycles. The molecular weight excluding hydrogens is 455 g/mol. The van der Waals surface area contributed by atoms with Crippen LogP contribution in [-0.2, 0) is 11.3 Å². The average molecular weight is 488 g/mol. The standard InChI is InChI=1S/C24H26F3N5O.C2H6/c1-16-14-31(15-17-4-5-18(25)12-20(17)24(26)27)9-10-32(16)22(8-11-33)23-21(30(2)3)7-6-19(13-28)29-23;1-2/h4-8,11-12,16,24H,9-10,14-15H2,1-3H3;1-2H3/b22-8+;. The Morgan fingerprint density at radius 2 is 1.97 bits per heavy atom. The van der Waals surface area contributed by atoms with Gasteiger partial charge in [-0.05, 0) is 36.8 Å². The Balaban J connectivity index is 0.00000210. The van der Waals surface area contributed by atoms with Crippen molar-refractivity contribution in [1.29, 1.82) is 5.26 Å². The van der Waals surface area contributed by atoms with Crippen molar-refractivity contribution in [1.82, 2.24) is 14.8 Å². The summed E-state index contributed by atoms with van der Waals surface area (Å²) in [6, 6.07) is 8.89. The number of benzene rings is 1. The first-order chi connectivity index (χ1) is 16.7. The number of aldehydes is 1. The molecule has 9 heteroatoms. The van der Waals surface area contributed by atoms with Gasteiger partial charge in [-0.3, -0.25) is 9.69 Å². The molecule has 2 aromatic rings. The predicted molar refractivity (Wildman–Crippen MR) is 131 cm³/mol. The maximum Gasteiger partial charge on any atom is 0.264 e. The highest BCUT2D eigenvalue weighted by Gasteiger charge is 2.29. The van der Waals surface area contributed by atoms with Crippen LogP contribution < -0.4 is 4.90 Å². The molecule has 0 amide bonds. The Morgan fingerprint density at radius 1 is 1.26 bits per heavy atom. The first-order valence-corrected chi connectivity index (χ1v) is 11.5. The molecule has 1 saturated heterocycles. The second-order valence-electron chi connectivity index (χ2n) is 8.18. The Labute approximate surface area is 205 Å². The quantitative estimate of drug-likeness (QED) is 0.410. The number of halogens is 3. The zero-order chi connectivity index (χ0) is 26.1. The number of anilines is 1. The first-order valence-electron chi connectivity index (χ1n) is 11.5. The van der Waals surface area contributed by atoms with Gasteiger partial charge in [-0.25, -0.2) is 18.2 Å². The van der Waals surface area contributed by atoms with Gasteiger partial charge in [0.25, 0.3) is 6.43 Å². The monoisotopic (exact) mass is 487 g/mol. The fourth-order valence-corrected chi connectivity index (χ4v) is 4.13. The van der Waals surface area contributed by atoms with E-state index in [1.165, 1.54) is 18.2 Å². The summed E-state index contributed by atoms with van der Waals surface area (Å²) in [4.78, 5) is 21.9. The van der Waals surface area contributed by atoms with Gasteiger partial charge < -0.3 is 9.80 Å². The number of nitriles is 1. The minimum absolute atomic E-state index is 0.0667. The highest BCUT2D eigenvalue weighted by molar-refractivity contribution is 5.84. The van der Waals surface area contributed by atoms with Crippen LogP contribution >= 0.6 is 0 Å². The van der Waals surface area contributed by atoms with Crippen LogP contribution in [0.2, 0.25) is 0 Å². The van der Waals surface area contributed by atoms with Gasteiger partial charge in [0.1, 0.15) is 29.6 Å². The number of carbonyl (C=O) groups excluding carboxylic acids is 1. The number of nitrogens with zero attached hydrogens (tertiary/aromatic N) is 5. The summed E-state index contributed by atoms with van der Waals surface area (Å²) < 4.78 is 40.2. The van der Waals surface area contributed by atoms with E-state index in [1.54, 1.807) is 12.1 Å². The van der Waals surface area contributed by atoms with E-state index in [9.17, 15) is 23.2 Å². The SMILES string of the molecule is CC.CC1CN(Cc2ccc(F)cc2C(F)F)CCN1/C(=C/C=O)c1nc(C#N)ccc1N(C)C. The predicted octanol–water partition coefficient (Wildman–Crippen LogP) is 4.87. The van der Waals surface area contributed by atoms with Crippen molar-refractivity contribution in [2.75, 3.05) is 38.6 Å². The number of rotatable bonds is 7. The van der Waals surface area contributed by atoms with E-state index in [0.717, 1.165) is 11.8 Å². The molecule has 1 aliphatic rings. The third kappa shape index (κ3) is 6.83. The molecule has 1 aromatic heterocycles. The molecule has 0 radical (unpaired) electrons. The van der Waals surface area contributed by atoms with Crippen molar-refractivity contribution in [3.05, 3.63) is 64.7 Å². The lowest BCUT2D eigenvalue weighted by atomic mass is 10.0. The second-order valence-corrected chi connectivity index (χ2v) is 8.18. The number of piperazine rings is 1. The van der Waals surface area contributed by atoms with E-state index in [2.05, 4.69) is 4.98 Å². The minimum Gasteiger partial charge on any atom is -0.376 e. The summed E-state index contributed by atoms with van der Waals surface area (Å²) in [5.74, 6) is -0.681. The van der Waals surface area contributed by atoms with Gasteiger partial charge in [0.15, 0.2) is 0 Å². The summed E-state index contributed by atoms with van der Waals surface area (Å²) in [6.45, 7) is 7.88. The Bertz CT molecular complexity index is 1080. The van der Waals surface area contributed by atoms with E-state index >= 15 is 0 Å². The lowest BCUT2D eigenvalue weighted by Crippen LogP contribution is -2.50. The lowest BCUT2D eigenvalue weighted by molar-refractivity contribution is -0.104. The van der Waals surface area contributed by atoms with E-state index in [-0.39, 0.29) is 23.8 Å². The van der Waals surface area contributed by atoms with Crippen molar-refractivity contribution >= 4 is 17.7 Å². The molecule has 0 bridgehead atoms. The van der Waals surface area contributed by atoms with Crippen LogP contribution in [0.15, 0.2) is 36.4 Å². The van der Waals surface area contributed by atoms with Crippen molar-refractivity contribution in [3.63, 3.8) is 0 Å². The van der Waals surface area contributed by atoms with E-state index in [1.807, 2.05) is 55.6 Å². The molecular formula is C26H32F3N5O. The van der Waals surface area contributed by atoms with Crippen molar-refractivity contribution in [2.45, 2.75) is 39.8 Å². The number of carbonyl (C=O) groups is 1. The largest absolute Gasteiger partial charge is 0.376 e. The highest BCUT2D eigenvalue weighted by atomic mass is 19.3. The third-order valence-electron chi connectivity index (χ3n) is 5.70. The lowest BCUT2D eigenvalue weighted by Gasteiger charge is -2.42. The van der Waals surface area contributed by atoms with Crippen LogP contribution in [-0.4, -0.2) is 60.8 Å². The second kappa shape index (κ2) is 12.9. The Morgan fingerprint density at radius 3 is 2.54 bits per heavy atom. The van der Waals surface area contributed by atoms with Crippen LogP contribution in [0.3, 0.4) is 0 Å². The minimum atomic E-state index is -2.75. The number of alkyl halides is 2. The summed E-state index contributed by atoms with van der Waals surface area (Å²) in [6.07, 6.45) is -0.612. The number of pyridine rings is 1. The van der Waals surface area contributed by atoms with Crippen molar-refractivity contribution in [3.8, 4) is 6.07 Å². The van der Waals surface area contributed by atoms with E-state index in [0.29, 0.717) is 42.9 Å². The van der Waals surface area contributed by atoms with E-state index < -0.39 is 12.2 Å². The maximum absolute atomic E-state index is 13.4. The molecule has 0 N–H and O–H groups in total. The summed E-state index contributed by atoms with van der Waals surface area (Å²) in [5.41, 5.74) is 2.26. The van der Waals surface area contributed by atoms with Gasteiger partial charge >= 0.3 is 0 Å². The van der Waals surface area contributed by atoms with Crippen molar-refractivity contribution < 1.29 is 18.0 Å². The van der Waals surface area contributed by atoms with E-state index in [4.69, 9.17) is 0 Å².